The van der Waals surface area contributed by atoms with Crippen LogP contribution in [0.4, 0.5) is 0 Å². The molecule has 2 fully saturated rings. The molecule has 1 saturated carbocycles. The van der Waals surface area contributed by atoms with Crippen LogP contribution in [0, 0.1) is 5.41 Å². The molecule has 1 saturated heterocycles. The number of hydrogen-bond acceptors (Lipinski definition) is 4. The van der Waals surface area contributed by atoms with E-state index in [2.05, 4.69) is 0 Å². The minimum absolute atomic E-state index is 0.0831. The lowest BCUT2D eigenvalue weighted by Crippen LogP contribution is -2.45. The van der Waals surface area contributed by atoms with Crippen molar-refractivity contribution >= 4 is 5.97 Å². The minimum atomic E-state index is -0.482. The summed E-state index contributed by atoms with van der Waals surface area (Å²) in [5.74, 6) is -0.0831. The Morgan fingerprint density at radius 2 is 1.78 bits per heavy atom. The van der Waals surface area contributed by atoms with Crippen molar-refractivity contribution in [2.24, 2.45) is 11.1 Å². The molecule has 104 valence electrons. The quantitative estimate of drug-likeness (QED) is 0.619. The van der Waals surface area contributed by atoms with E-state index in [-0.39, 0.29) is 12.1 Å². The van der Waals surface area contributed by atoms with E-state index in [0.717, 1.165) is 12.8 Å². The molecular formula is C14H25NO3. The molecule has 0 radical (unpaired) electrons. The highest BCUT2D eigenvalue weighted by Gasteiger charge is 2.41. The number of rotatable bonds is 3. The molecule has 2 N–H and O–H groups in total. The number of hydrogen-bond donors (Lipinski definition) is 1. The summed E-state index contributed by atoms with van der Waals surface area (Å²) < 4.78 is 11.1. The molecule has 0 aromatic heterocycles. The molecule has 0 amide bonds. The third-order valence-corrected chi connectivity index (χ3v) is 4.35. The summed E-state index contributed by atoms with van der Waals surface area (Å²) in [5, 5.41) is 0. The number of carbonyl (C=O) groups excluding carboxylic acids is 1. The Bertz CT molecular complexity index is 266. The van der Waals surface area contributed by atoms with Gasteiger partial charge in [-0.3, -0.25) is 4.79 Å². The number of ether oxygens (including phenoxy) is 2. The summed E-state index contributed by atoms with van der Waals surface area (Å²) in [6.07, 6.45) is 8.45. The van der Waals surface area contributed by atoms with Crippen molar-refractivity contribution in [1.82, 2.24) is 0 Å². The van der Waals surface area contributed by atoms with Gasteiger partial charge in [0.1, 0.15) is 6.10 Å². The van der Waals surface area contributed by atoms with Crippen LogP contribution in [0.3, 0.4) is 0 Å². The third-order valence-electron chi connectivity index (χ3n) is 4.35. The van der Waals surface area contributed by atoms with Crippen LogP contribution in [0.2, 0.25) is 0 Å². The van der Waals surface area contributed by atoms with Crippen LogP contribution in [-0.4, -0.2) is 31.8 Å². The predicted molar refractivity (Wildman–Crippen MR) is 69.1 cm³/mol. The summed E-state index contributed by atoms with van der Waals surface area (Å²) in [4.78, 5) is 12.4. The fourth-order valence-corrected chi connectivity index (χ4v) is 2.89. The smallest absolute Gasteiger partial charge is 0.313 e. The van der Waals surface area contributed by atoms with Crippen molar-refractivity contribution in [2.45, 2.75) is 57.5 Å². The van der Waals surface area contributed by atoms with E-state index >= 15 is 0 Å². The van der Waals surface area contributed by atoms with Gasteiger partial charge in [0.15, 0.2) is 0 Å². The summed E-state index contributed by atoms with van der Waals surface area (Å²) >= 11 is 0. The number of nitrogens with two attached hydrogens (primary N) is 1. The maximum absolute atomic E-state index is 12.4. The van der Waals surface area contributed by atoms with Crippen LogP contribution in [0.1, 0.15) is 51.4 Å². The highest BCUT2D eigenvalue weighted by Crippen LogP contribution is 2.32. The average Bonchev–Trinajstić information content (AvgIpc) is 2.68. The second-order valence-corrected chi connectivity index (χ2v) is 5.62. The Labute approximate surface area is 109 Å². The first-order chi connectivity index (χ1) is 8.77. The van der Waals surface area contributed by atoms with Gasteiger partial charge in [-0.1, -0.05) is 12.8 Å². The van der Waals surface area contributed by atoms with Crippen LogP contribution in [0.15, 0.2) is 0 Å². The molecule has 0 bridgehead atoms. The lowest BCUT2D eigenvalue weighted by atomic mass is 9.80. The van der Waals surface area contributed by atoms with Gasteiger partial charge < -0.3 is 15.2 Å². The standard InChI is InChI=1S/C14H25NO3/c15-11-14(7-9-17-10-8-14)13(16)18-12-5-3-1-2-4-6-12/h12H,1-11,15H2. The van der Waals surface area contributed by atoms with Gasteiger partial charge in [0.25, 0.3) is 0 Å². The van der Waals surface area contributed by atoms with Crippen LogP contribution >= 0.6 is 0 Å². The monoisotopic (exact) mass is 255 g/mol. The van der Waals surface area contributed by atoms with Gasteiger partial charge in [-0.25, -0.2) is 0 Å². The molecule has 0 aromatic carbocycles. The molecule has 0 aromatic rings. The fourth-order valence-electron chi connectivity index (χ4n) is 2.89. The lowest BCUT2D eigenvalue weighted by molar-refractivity contribution is -0.167. The summed E-state index contributed by atoms with van der Waals surface area (Å²) in [7, 11) is 0. The molecule has 1 aliphatic carbocycles. The van der Waals surface area contributed by atoms with E-state index in [1.54, 1.807) is 0 Å². The zero-order chi connectivity index (χ0) is 12.8. The Balaban J connectivity index is 1.91. The molecule has 2 rings (SSSR count). The maximum atomic E-state index is 12.4. The summed E-state index contributed by atoms with van der Waals surface area (Å²) in [6.45, 7) is 1.62. The fraction of sp³-hybridized carbons (Fsp3) is 0.929. The van der Waals surface area contributed by atoms with Crippen molar-refractivity contribution in [1.29, 1.82) is 0 Å². The Morgan fingerprint density at radius 3 is 2.33 bits per heavy atom. The van der Waals surface area contributed by atoms with Crippen molar-refractivity contribution < 1.29 is 14.3 Å². The zero-order valence-corrected chi connectivity index (χ0v) is 11.2. The van der Waals surface area contributed by atoms with Crippen LogP contribution in [0.5, 0.6) is 0 Å². The maximum Gasteiger partial charge on any atom is 0.313 e. The molecule has 0 spiro atoms. The number of carbonyl (C=O) groups is 1. The van der Waals surface area contributed by atoms with E-state index in [1.807, 2.05) is 0 Å². The second kappa shape index (κ2) is 6.53. The molecule has 0 unspecified atom stereocenters. The average molecular weight is 255 g/mol. The molecule has 0 atom stereocenters. The Kier molecular flexibility index (Phi) is 5.01. The molecular weight excluding hydrogens is 230 g/mol. The van der Waals surface area contributed by atoms with Crippen LogP contribution < -0.4 is 5.73 Å². The third kappa shape index (κ3) is 3.23. The van der Waals surface area contributed by atoms with Crippen LogP contribution in [0.25, 0.3) is 0 Å². The second-order valence-electron chi connectivity index (χ2n) is 5.62. The van der Waals surface area contributed by atoms with Crippen molar-refractivity contribution in [3.63, 3.8) is 0 Å². The van der Waals surface area contributed by atoms with Gasteiger partial charge in [0, 0.05) is 19.8 Å². The molecule has 4 nitrogen and oxygen atoms in total. The number of esters is 1. The first kappa shape index (κ1) is 13.8. The first-order valence-electron chi connectivity index (χ1n) is 7.26. The van der Waals surface area contributed by atoms with E-state index in [9.17, 15) is 4.79 Å². The molecule has 1 aliphatic heterocycles. The SMILES string of the molecule is NCC1(C(=O)OC2CCCCCC2)CCOCC1. The molecule has 2 aliphatic rings. The Morgan fingerprint density at radius 1 is 1.17 bits per heavy atom. The van der Waals surface area contributed by atoms with Gasteiger partial charge in [-0.05, 0) is 38.5 Å². The van der Waals surface area contributed by atoms with Gasteiger partial charge in [-0.15, -0.1) is 0 Å². The van der Waals surface area contributed by atoms with Crippen molar-refractivity contribution in [3.8, 4) is 0 Å². The normalized spacial score (nSPS) is 25.4. The molecule has 4 heteroatoms. The van der Waals surface area contributed by atoms with E-state index in [0.29, 0.717) is 32.6 Å². The molecule has 1 heterocycles. The molecule has 18 heavy (non-hydrogen) atoms. The van der Waals surface area contributed by atoms with Gasteiger partial charge in [0.05, 0.1) is 5.41 Å². The topological polar surface area (TPSA) is 61.6 Å². The van der Waals surface area contributed by atoms with Gasteiger partial charge in [-0.2, -0.15) is 0 Å². The van der Waals surface area contributed by atoms with Crippen molar-refractivity contribution in [3.05, 3.63) is 0 Å². The predicted octanol–water partition coefficient (Wildman–Crippen LogP) is 2.01. The van der Waals surface area contributed by atoms with E-state index in [4.69, 9.17) is 15.2 Å². The minimum Gasteiger partial charge on any atom is -0.462 e. The zero-order valence-electron chi connectivity index (χ0n) is 11.2. The summed E-state index contributed by atoms with van der Waals surface area (Å²) in [5.41, 5.74) is 5.34. The Hall–Kier alpha value is -0.610. The summed E-state index contributed by atoms with van der Waals surface area (Å²) in [6, 6.07) is 0. The van der Waals surface area contributed by atoms with Gasteiger partial charge >= 0.3 is 5.97 Å². The van der Waals surface area contributed by atoms with Crippen LogP contribution in [-0.2, 0) is 14.3 Å². The van der Waals surface area contributed by atoms with Crippen molar-refractivity contribution in [2.75, 3.05) is 19.8 Å². The highest BCUT2D eigenvalue weighted by atomic mass is 16.5. The van der Waals surface area contributed by atoms with E-state index < -0.39 is 5.41 Å². The lowest BCUT2D eigenvalue weighted by Gasteiger charge is -2.34. The largest absolute Gasteiger partial charge is 0.462 e. The highest BCUT2D eigenvalue weighted by molar-refractivity contribution is 5.77. The van der Waals surface area contributed by atoms with Gasteiger partial charge in [0.2, 0.25) is 0 Å². The first-order valence-corrected chi connectivity index (χ1v) is 7.26. The van der Waals surface area contributed by atoms with E-state index in [1.165, 1.54) is 25.7 Å².